The van der Waals surface area contributed by atoms with Crippen LogP contribution < -0.4 is 0 Å². The number of rotatable bonds is 3. The zero-order valence-corrected chi connectivity index (χ0v) is 8.54. The summed E-state index contributed by atoms with van der Waals surface area (Å²) in [5, 5.41) is 0. The fraction of sp³-hybridized carbons (Fsp3) is 0.273. The molecule has 0 saturated carbocycles. The van der Waals surface area contributed by atoms with Crippen LogP contribution in [0.1, 0.15) is 34.1 Å². The first-order chi connectivity index (χ1) is 7.10. The van der Waals surface area contributed by atoms with Gasteiger partial charge in [0.15, 0.2) is 5.78 Å². The highest BCUT2D eigenvalue weighted by atomic mass is 19.1. The first kappa shape index (κ1) is 11.4. The van der Waals surface area contributed by atoms with Crippen LogP contribution in [0.2, 0.25) is 0 Å². The molecular weight excluding hydrogens is 199 g/mol. The number of carbonyl (C=O) groups is 2. The van der Waals surface area contributed by atoms with E-state index >= 15 is 0 Å². The van der Waals surface area contributed by atoms with Gasteiger partial charge >= 0.3 is 5.97 Å². The number of methoxy groups -OCH3 is 1. The second kappa shape index (κ2) is 4.68. The number of benzene rings is 1. The van der Waals surface area contributed by atoms with E-state index < -0.39 is 11.8 Å². The predicted molar refractivity (Wildman–Crippen MR) is 52.4 cm³/mol. The molecule has 1 aromatic carbocycles. The molecule has 4 heteroatoms. The molecule has 0 atom stereocenters. The van der Waals surface area contributed by atoms with E-state index in [-0.39, 0.29) is 11.3 Å². The van der Waals surface area contributed by atoms with E-state index in [9.17, 15) is 14.0 Å². The van der Waals surface area contributed by atoms with Gasteiger partial charge in [-0.05, 0) is 18.2 Å². The van der Waals surface area contributed by atoms with Crippen LogP contribution in [0.25, 0.3) is 0 Å². The quantitative estimate of drug-likeness (QED) is 0.567. The molecule has 0 fully saturated rings. The number of hydrogen-bond acceptors (Lipinski definition) is 3. The van der Waals surface area contributed by atoms with Gasteiger partial charge in [-0.25, -0.2) is 9.18 Å². The minimum atomic E-state index is -0.779. The molecule has 0 aliphatic heterocycles. The lowest BCUT2D eigenvalue weighted by Crippen LogP contribution is -2.07. The predicted octanol–water partition coefficient (Wildman–Crippen LogP) is 2.21. The molecule has 0 bridgehead atoms. The Kier molecular flexibility index (Phi) is 3.55. The van der Waals surface area contributed by atoms with Crippen molar-refractivity contribution in [2.75, 3.05) is 7.11 Å². The summed E-state index contributed by atoms with van der Waals surface area (Å²) in [4.78, 5) is 22.4. The van der Waals surface area contributed by atoms with Gasteiger partial charge in [0.2, 0.25) is 0 Å². The molecule has 0 radical (unpaired) electrons. The van der Waals surface area contributed by atoms with Gasteiger partial charge in [-0.15, -0.1) is 0 Å². The smallest absolute Gasteiger partial charge is 0.340 e. The molecule has 0 aromatic heterocycles. The number of Topliss-reactive ketones (excluding diaryl/α,β-unsaturated/α-hetero) is 1. The largest absolute Gasteiger partial charge is 0.465 e. The molecule has 0 heterocycles. The van der Waals surface area contributed by atoms with Crippen molar-refractivity contribution in [1.29, 1.82) is 0 Å². The zero-order chi connectivity index (χ0) is 11.4. The fourth-order valence-corrected chi connectivity index (χ4v) is 1.17. The van der Waals surface area contributed by atoms with Crippen molar-refractivity contribution in [2.24, 2.45) is 0 Å². The maximum absolute atomic E-state index is 13.2. The average Bonchev–Trinajstić information content (AvgIpc) is 2.27. The van der Waals surface area contributed by atoms with Gasteiger partial charge in [0, 0.05) is 12.0 Å². The van der Waals surface area contributed by atoms with Gasteiger partial charge in [-0.1, -0.05) is 6.92 Å². The molecule has 80 valence electrons. The Balaban J connectivity index is 3.16. The molecular formula is C11H11FO3. The number of esters is 1. The zero-order valence-electron chi connectivity index (χ0n) is 8.54. The molecule has 0 saturated heterocycles. The molecule has 1 aromatic rings. The van der Waals surface area contributed by atoms with Gasteiger partial charge in [0.25, 0.3) is 0 Å². The van der Waals surface area contributed by atoms with Gasteiger partial charge in [0.05, 0.1) is 12.7 Å². The highest BCUT2D eigenvalue weighted by Crippen LogP contribution is 2.13. The van der Waals surface area contributed by atoms with E-state index in [1.54, 1.807) is 6.92 Å². The molecule has 15 heavy (non-hydrogen) atoms. The summed E-state index contributed by atoms with van der Waals surface area (Å²) in [5.41, 5.74) is 0.108. The Morgan fingerprint density at radius 1 is 1.40 bits per heavy atom. The van der Waals surface area contributed by atoms with Crippen molar-refractivity contribution >= 4 is 11.8 Å². The summed E-state index contributed by atoms with van der Waals surface area (Å²) < 4.78 is 17.6. The normalized spacial score (nSPS) is 9.80. The van der Waals surface area contributed by atoms with Crippen LogP contribution in [0.3, 0.4) is 0 Å². The molecule has 0 N–H and O–H groups in total. The summed E-state index contributed by atoms with van der Waals surface area (Å²) in [6, 6.07) is 3.66. The van der Waals surface area contributed by atoms with Crippen LogP contribution in [0, 0.1) is 5.82 Å². The summed E-state index contributed by atoms with van der Waals surface area (Å²) >= 11 is 0. The summed E-state index contributed by atoms with van der Waals surface area (Å²) in [6.45, 7) is 1.70. The number of halogens is 1. The van der Waals surface area contributed by atoms with E-state index in [0.717, 1.165) is 13.2 Å². The Hall–Kier alpha value is -1.71. The van der Waals surface area contributed by atoms with E-state index in [4.69, 9.17) is 0 Å². The van der Waals surface area contributed by atoms with Crippen LogP contribution in [0.4, 0.5) is 4.39 Å². The summed E-state index contributed by atoms with van der Waals surface area (Å²) in [5.74, 6) is -1.60. The van der Waals surface area contributed by atoms with Crippen LogP contribution >= 0.6 is 0 Å². The Morgan fingerprint density at radius 2 is 2.07 bits per heavy atom. The van der Waals surface area contributed by atoms with E-state index in [0.29, 0.717) is 12.0 Å². The summed E-state index contributed by atoms with van der Waals surface area (Å²) in [6.07, 6.45) is 0.312. The average molecular weight is 210 g/mol. The standard InChI is InChI=1S/C11H11FO3/c1-3-10(13)7-4-5-9(12)8(6-7)11(14)15-2/h4-6H,3H2,1-2H3. The topological polar surface area (TPSA) is 43.4 Å². The second-order valence-corrected chi connectivity index (χ2v) is 2.96. The highest BCUT2D eigenvalue weighted by Gasteiger charge is 2.14. The molecule has 0 spiro atoms. The van der Waals surface area contributed by atoms with Crippen molar-refractivity contribution in [2.45, 2.75) is 13.3 Å². The van der Waals surface area contributed by atoms with Crippen molar-refractivity contribution in [3.8, 4) is 0 Å². The number of carbonyl (C=O) groups excluding carboxylic acids is 2. The molecule has 0 aliphatic carbocycles. The lowest BCUT2D eigenvalue weighted by atomic mass is 10.1. The first-order valence-corrected chi connectivity index (χ1v) is 4.51. The lowest BCUT2D eigenvalue weighted by Gasteiger charge is -2.03. The minimum Gasteiger partial charge on any atom is -0.465 e. The molecule has 3 nitrogen and oxygen atoms in total. The first-order valence-electron chi connectivity index (χ1n) is 4.51. The third kappa shape index (κ3) is 2.40. The van der Waals surface area contributed by atoms with E-state index in [2.05, 4.69) is 4.74 Å². The van der Waals surface area contributed by atoms with Crippen LogP contribution in [-0.2, 0) is 4.74 Å². The van der Waals surface area contributed by atoms with Crippen molar-refractivity contribution < 1.29 is 18.7 Å². The van der Waals surface area contributed by atoms with Crippen molar-refractivity contribution in [3.05, 3.63) is 35.1 Å². The Labute approximate surface area is 86.9 Å². The monoisotopic (exact) mass is 210 g/mol. The number of hydrogen-bond donors (Lipinski definition) is 0. The van der Waals surface area contributed by atoms with E-state index in [1.165, 1.54) is 12.1 Å². The number of ketones is 1. The van der Waals surface area contributed by atoms with Crippen molar-refractivity contribution in [1.82, 2.24) is 0 Å². The van der Waals surface area contributed by atoms with Crippen molar-refractivity contribution in [3.63, 3.8) is 0 Å². The molecule has 0 amide bonds. The third-order valence-electron chi connectivity index (χ3n) is 2.01. The SMILES string of the molecule is CCC(=O)c1ccc(F)c(C(=O)OC)c1. The molecule has 1 rings (SSSR count). The minimum absolute atomic E-state index is 0.139. The highest BCUT2D eigenvalue weighted by molar-refractivity contribution is 5.99. The van der Waals surface area contributed by atoms with Crippen LogP contribution in [-0.4, -0.2) is 18.9 Å². The Morgan fingerprint density at radius 3 is 2.60 bits per heavy atom. The second-order valence-electron chi connectivity index (χ2n) is 2.96. The van der Waals surface area contributed by atoms with Gasteiger partial charge < -0.3 is 4.74 Å². The van der Waals surface area contributed by atoms with Crippen LogP contribution in [0.5, 0.6) is 0 Å². The summed E-state index contributed by atoms with van der Waals surface area (Å²) in [7, 11) is 1.16. The molecule has 0 aliphatic rings. The lowest BCUT2D eigenvalue weighted by molar-refractivity contribution is 0.0595. The van der Waals surface area contributed by atoms with E-state index in [1.807, 2.05) is 0 Å². The maximum Gasteiger partial charge on any atom is 0.340 e. The van der Waals surface area contributed by atoms with Gasteiger partial charge in [-0.3, -0.25) is 4.79 Å². The van der Waals surface area contributed by atoms with Crippen LogP contribution in [0.15, 0.2) is 18.2 Å². The van der Waals surface area contributed by atoms with Gasteiger partial charge in [0.1, 0.15) is 5.82 Å². The number of ether oxygens (including phenoxy) is 1. The molecule has 0 unspecified atom stereocenters. The third-order valence-corrected chi connectivity index (χ3v) is 2.01. The van der Waals surface area contributed by atoms with Gasteiger partial charge in [-0.2, -0.15) is 0 Å². The Bertz CT molecular complexity index is 399. The maximum atomic E-state index is 13.2. The fourth-order valence-electron chi connectivity index (χ4n) is 1.17.